The highest BCUT2D eigenvalue weighted by atomic mass is 35.5. The lowest BCUT2D eigenvalue weighted by molar-refractivity contribution is -0.127. The van der Waals surface area contributed by atoms with Gasteiger partial charge in [0.15, 0.2) is 6.10 Å². The average Bonchev–Trinajstić information content (AvgIpc) is 2.75. The molecule has 0 radical (unpaired) electrons. The standard InChI is InChI=1S/C14H13ClN2O5/c1-6-9-5-8(15)3-4-10(9)22-11(6)13(19)21-7(2)12(18)17-14(16)20/h3-5,7H,1-2H3,(H3,16,17,18,20)/t7-/m1/s1. The molecular weight excluding hydrogens is 312 g/mol. The van der Waals surface area contributed by atoms with E-state index in [-0.39, 0.29) is 5.76 Å². The first kappa shape index (κ1) is 15.8. The monoisotopic (exact) mass is 324 g/mol. The Labute approximate surface area is 130 Å². The Morgan fingerprint density at radius 1 is 1.36 bits per heavy atom. The van der Waals surface area contributed by atoms with Crippen molar-refractivity contribution in [2.75, 3.05) is 0 Å². The number of hydrogen-bond donors (Lipinski definition) is 2. The molecule has 116 valence electrons. The van der Waals surface area contributed by atoms with Crippen LogP contribution in [0.3, 0.4) is 0 Å². The normalized spacial score (nSPS) is 12.0. The summed E-state index contributed by atoms with van der Waals surface area (Å²) in [4.78, 5) is 34.2. The summed E-state index contributed by atoms with van der Waals surface area (Å²) >= 11 is 5.90. The van der Waals surface area contributed by atoms with Crippen LogP contribution in [0.15, 0.2) is 22.6 Å². The molecule has 1 heterocycles. The van der Waals surface area contributed by atoms with E-state index in [2.05, 4.69) is 0 Å². The topological polar surface area (TPSA) is 112 Å². The lowest BCUT2D eigenvalue weighted by Gasteiger charge is -2.10. The van der Waals surface area contributed by atoms with E-state index in [1.54, 1.807) is 25.1 Å². The van der Waals surface area contributed by atoms with Crippen molar-refractivity contribution in [3.8, 4) is 0 Å². The smallest absolute Gasteiger partial charge is 0.375 e. The summed E-state index contributed by atoms with van der Waals surface area (Å²) in [5.41, 5.74) is 5.84. The Balaban J connectivity index is 2.21. The second kappa shape index (κ2) is 6.07. The number of furan rings is 1. The van der Waals surface area contributed by atoms with E-state index in [1.165, 1.54) is 6.92 Å². The van der Waals surface area contributed by atoms with Gasteiger partial charge in [0.2, 0.25) is 5.76 Å². The van der Waals surface area contributed by atoms with Crippen LogP contribution in [-0.2, 0) is 9.53 Å². The highest BCUT2D eigenvalue weighted by Crippen LogP contribution is 2.28. The van der Waals surface area contributed by atoms with Crippen molar-refractivity contribution in [3.63, 3.8) is 0 Å². The third kappa shape index (κ3) is 3.20. The van der Waals surface area contributed by atoms with Crippen LogP contribution in [0.2, 0.25) is 5.02 Å². The van der Waals surface area contributed by atoms with Crippen LogP contribution in [0.4, 0.5) is 4.79 Å². The SMILES string of the molecule is Cc1c(C(=O)O[C@H](C)C(=O)NC(N)=O)oc2ccc(Cl)cc12. The van der Waals surface area contributed by atoms with Crippen molar-refractivity contribution >= 4 is 40.5 Å². The molecule has 0 aliphatic heterocycles. The van der Waals surface area contributed by atoms with Crippen molar-refractivity contribution in [3.05, 3.63) is 34.5 Å². The van der Waals surface area contributed by atoms with Gasteiger partial charge in [0.1, 0.15) is 5.58 Å². The molecule has 0 saturated heterocycles. The van der Waals surface area contributed by atoms with Gasteiger partial charge in [-0.3, -0.25) is 10.1 Å². The lowest BCUT2D eigenvalue weighted by atomic mass is 10.1. The summed E-state index contributed by atoms with van der Waals surface area (Å²) < 4.78 is 10.4. The summed E-state index contributed by atoms with van der Waals surface area (Å²) in [5, 5.41) is 3.00. The Morgan fingerprint density at radius 2 is 2.05 bits per heavy atom. The van der Waals surface area contributed by atoms with E-state index in [9.17, 15) is 14.4 Å². The highest BCUT2D eigenvalue weighted by molar-refractivity contribution is 6.31. The van der Waals surface area contributed by atoms with Gasteiger partial charge in [0.05, 0.1) is 0 Å². The minimum absolute atomic E-state index is 0.0315. The van der Waals surface area contributed by atoms with E-state index in [4.69, 9.17) is 26.5 Å². The largest absolute Gasteiger partial charge is 0.449 e. The summed E-state index contributed by atoms with van der Waals surface area (Å²) in [5.74, 6) is -1.68. The Bertz CT molecular complexity index is 768. The molecule has 1 aromatic heterocycles. The number of imide groups is 1. The number of primary amides is 1. The van der Waals surface area contributed by atoms with Crippen molar-refractivity contribution in [2.45, 2.75) is 20.0 Å². The fraction of sp³-hybridized carbons (Fsp3) is 0.214. The summed E-state index contributed by atoms with van der Waals surface area (Å²) in [6.07, 6.45) is -1.20. The van der Waals surface area contributed by atoms with Crippen molar-refractivity contribution in [1.82, 2.24) is 5.32 Å². The molecule has 1 atom stereocenters. The molecule has 3 N–H and O–H groups in total. The zero-order valence-electron chi connectivity index (χ0n) is 11.8. The number of aryl methyl sites for hydroxylation is 1. The second-order valence-corrected chi connectivity index (χ2v) is 5.03. The molecule has 8 heteroatoms. The van der Waals surface area contributed by atoms with Crippen LogP contribution >= 0.6 is 11.6 Å². The number of ether oxygens (including phenoxy) is 1. The number of halogens is 1. The molecule has 0 spiro atoms. The van der Waals surface area contributed by atoms with E-state index in [0.29, 0.717) is 21.6 Å². The zero-order chi connectivity index (χ0) is 16.4. The predicted molar refractivity (Wildman–Crippen MR) is 78.6 cm³/mol. The second-order valence-electron chi connectivity index (χ2n) is 4.60. The predicted octanol–water partition coefficient (Wildman–Crippen LogP) is 2.13. The molecule has 0 aliphatic carbocycles. The quantitative estimate of drug-likeness (QED) is 0.840. The molecule has 0 fully saturated rings. The van der Waals surface area contributed by atoms with E-state index >= 15 is 0 Å². The number of carbonyl (C=O) groups is 3. The zero-order valence-corrected chi connectivity index (χ0v) is 12.6. The maximum absolute atomic E-state index is 12.1. The molecule has 0 saturated carbocycles. The Hall–Kier alpha value is -2.54. The molecule has 0 bridgehead atoms. The number of nitrogens with two attached hydrogens (primary N) is 1. The number of carbonyl (C=O) groups excluding carboxylic acids is 3. The van der Waals surface area contributed by atoms with Gasteiger partial charge in [-0.05, 0) is 32.0 Å². The number of hydrogen-bond acceptors (Lipinski definition) is 5. The number of nitrogens with one attached hydrogen (secondary N) is 1. The third-order valence-electron chi connectivity index (χ3n) is 2.98. The lowest BCUT2D eigenvalue weighted by Crippen LogP contribution is -2.42. The fourth-order valence-electron chi connectivity index (χ4n) is 1.88. The van der Waals surface area contributed by atoms with E-state index < -0.39 is 24.0 Å². The van der Waals surface area contributed by atoms with Gasteiger partial charge in [-0.15, -0.1) is 0 Å². The van der Waals surface area contributed by atoms with Crippen LogP contribution in [-0.4, -0.2) is 24.0 Å². The molecule has 3 amide bonds. The molecular formula is C14H13ClN2O5. The number of esters is 1. The molecule has 7 nitrogen and oxygen atoms in total. The first-order valence-corrected chi connectivity index (χ1v) is 6.67. The van der Waals surface area contributed by atoms with Gasteiger partial charge in [0, 0.05) is 16.0 Å². The van der Waals surface area contributed by atoms with Gasteiger partial charge in [-0.25, -0.2) is 9.59 Å². The molecule has 0 unspecified atom stereocenters. The molecule has 22 heavy (non-hydrogen) atoms. The summed E-state index contributed by atoms with van der Waals surface area (Å²) in [6, 6.07) is 3.90. The van der Waals surface area contributed by atoms with E-state index in [1.807, 2.05) is 5.32 Å². The maximum atomic E-state index is 12.1. The number of benzene rings is 1. The van der Waals surface area contributed by atoms with Gasteiger partial charge in [0.25, 0.3) is 5.91 Å². The first-order chi connectivity index (χ1) is 10.3. The van der Waals surface area contributed by atoms with E-state index in [0.717, 1.165) is 0 Å². The Kier molecular flexibility index (Phi) is 4.37. The van der Waals surface area contributed by atoms with Crippen molar-refractivity contribution in [1.29, 1.82) is 0 Å². The van der Waals surface area contributed by atoms with Crippen molar-refractivity contribution in [2.24, 2.45) is 5.73 Å². The van der Waals surface area contributed by atoms with Gasteiger partial charge >= 0.3 is 12.0 Å². The minimum Gasteiger partial charge on any atom is -0.449 e. The molecule has 2 aromatic rings. The van der Waals surface area contributed by atoms with Crippen LogP contribution in [0.1, 0.15) is 23.0 Å². The molecule has 0 aliphatic rings. The number of rotatable bonds is 3. The number of amides is 3. The number of urea groups is 1. The summed E-state index contributed by atoms with van der Waals surface area (Å²) in [6.45, 7) is 2.98. The molecule has 1 aromatic carbocycles. The van der Waals surface area contributed by atoms with Gasteiger partial charge < -0.3 is 14.9 Å². The molecule has 2 rings (SSSR count). The first-order valence-electron chi connectivity index (χ1n) is 6.29. The van der Waals surface area contributed by atoms with Crippen LogP contribution < -0.4 is 11.1 Å². The third-order valence-corrected chi connectivity index (χ3v) is 3.22. The van der Waals surface area contributed by atoms with Crippen LogP contribution in [0.25, 0.3) is 11.0 Å². The van der Waals surface area contributed by atoms with Gasteiger partial charge in [-0.2, -0.15) is 0 Å². The maximum Gasteiger partial charge on any atom is 0.375 e. The summed E-state index contributed by atoms with van der Waals surface area (Å²) in [7, 11) is 0. The van der Waals surface area contributed by atoms with Gasteiger partial charge in [-0.1, -0.05) is 11.6 Å². The Morgan fingerprint density at radius 3 is 2.68 bits per heavy atom. The highest BCUT2D eigenvalue weighted by Gasteiger charge is 2.24. The fourth-order valence-corrected chi connectivity index (χ4v) is 2.05. The van der Waals surface area contributed by atoms with Crippen LogP contribution in [0, 0.1) is 6.92 Å². The minimum atomic E-state index is -1.20. The average molecular weight is 325 g/mol. The number of fused-ring (bicyclic) bond motifs is 1. The van der Waals surface area contributed by atoms with Crippen molar-refractivity contribution < 1.29 is 23.5 Å². The van der Waals surface area contributed by atoms with Crippen LogP contribution in [0.5, 0.6) is 0 Å².